The van der Waals surface area contributed by atoms with Crippen LogP contribution >= 0.6 is 0 Å². The number of hydrogen-bond acceptors (Lipinski definition) is 4. The molecule has 7 nitrogen and oxygen atoms in total. The molecule has 0 spiro atoms. The van der Waals surface area contributed by atoms with E-state index in [0.717, 1.165) is 5.82 Å². The predicted molar refractivity (Wildman–Crippen MR) is 69.8 cm³/mol. The summed E-state index contributed by atoms with van der Waals surface area (Å²) in [5.41, 5.74) is 1.66. The van der Waals surface area contributed by atoms with Gasteiger partial charge in [-0.2, -0.15) is 0 Å². The van der Waals surface area contributed by atoms with Crippen LogP contribution in [0.1, 0.15) is 16.2 Å². The number of amides is 1. The van der Waals surface area contributed by atoms with Crippen LogP contribution in [0.15, 0.2) is 24.7 Å². The molecule has 7 heteroatoms. The van der Waals surface area contributed by atoms with Crippen LogP contribution in [-0.2, 0) is 7.05 Å². The van der Waals surface area contributed by atoms with Gasteiger partial charge in [0.25, 0.3) is 5.91 Å². The van der Waals surface area contributed by atoms with Crippen molar-refractivity contribution in [2.75, 3.05) is 5.32 Å². The van der Waals surface area contributed by atoms with Gasteiger partial charge in [-0.25, -0.2) is 15.0 Å². The second-order valence-corrected chi connectivity index (χ2v) is 4.20. The molecule has 0 atom stereocenters. The SMILES string of the molecule is Cc1nc2nccc(C(=O)Nc3nccn3C)c2[nH]1. The summed E-state index contributed by atoms with van der Waals surface area (Å²) in [6.45, 7) is 1.82. The Bertz CT molecular complexity index is 757. The Balaban J connectivity index is 2.00. The smallest absolute Gasteiger partial charge is 0.260 e. The highest BCUT2D eigenvalue weighted by Gasteiger charge is 2.14. The number of aromatic amines is 1. The first-order chi connectivity index (χ1) is 9.15. The Kier molecular flexibility index (Phi) is 2.52. The van der Waals surface area contributed by atoms with Gasteiger partial charge in [-0.15, -0.1) is 0 Å². The van der Waals surface area contributed by atoms with Crippen LogP contribution in [0.5, 0.6) is 0 Å². The van der Waals surface area contributed by atoms with Crippen molar-refractivity contribution in [3.63, 3.8) is 0 Å². The van der Waals surface area contributed by atoms with Crippen molar-refractivity contribution < 1.29 is 4.79 Å². The summed E-state index contributed by atoms with van der Waals surface area (Å²) in [5.74, 6) is 0.969. The third-order valence-corrected chi connectivity index (χ3v) is 2.80. The summed E-state index contributed by atoms with van der Waals surface area (Å²) in [4.78, 5) is 27.7. The van der Waals surface area contributed by atoms with E-state index in [9.17, 15) is 4.79 Å². The van der Waals surface area contributed by atoms with Crippen LogP contribution in [0.4, 0.5) is 5.95 Å². The van der Waals surface area contributed by atoms with Crippen molar-refractivity contribution in [3.05, 3.63) is 36.0 Å². The fraction of sp³-hybridized carbons (Fsp3) is 0.167. The number of rotatable bonds is 2. The standard InChI is InChI=1S/C12H12N6O/c1-7-15-9-8(3-4-13-10(9)16-7)11(19)17-12-14-5-6-18(12)2/h3-6H,1-2H3,(H,13,15,16)(H,14,17,19). The molecule has 0 unspecified atom stereocenters. The van der Waals surface area contributed by atoms with Crippen molar-refractivity contribution in [2.45, 2.75) is 6.92 Å². The molecule has 3 aromatic heterocycles. The number of carbonyl (C=O) groups is 1. The Morgan fingerprint density at radius 1 is 1.37 bits per heavy atom. The van der Waals surface area contributed by atoms with Crippen LogP contribution in [0, 0.1) is 6.92 Å². The molecule has 96 valence electrons. The summed E-state index contributed by atoms with van der Waals surface area (Å²) < 4.78 is 1.73. The predicted octanol–water partition coefficient (Wildman–Crippen LogP) is 1.25. The molecule has 1 amide bonds. The molecule has 3 rings (SSSR count). The minimum atomic E-state index is -0.245. The Morgan fingerprint density at radius 2 is 2.21 bits per heavy atom. The van der Waals surface area contributed by atoms with E-state index >= 15 is 0 Å². The molecule has 3 heterocycles. The molecule has 19 heavy (non-hydrogen) atoms. The van der Waals surface area contributed by atoms with E-state index in [1.807, 2.05) is 14.0 Å². The number of imidazole rings is 2. The van der Waals surface area contributed by atoms with Crippen LogP contribution in [0.25, 0.3) is 11.2 Å². The summed E-state index contributed by atoms with van der Waals surface area (Å²) in [5, 5.41) is 2.75. The molecule has 0 bridgehead atoms. The fourth-order valence-electron chi connectivity index (χ4n) is 1.87. The Labute approximate surface area is 108 Å². The molecular weight excluding hydrogens is 244 g/mol. The number of pyridine rings is 1. The van der Waals surface area contributed by atoms with E-state index in [2.05, 4.69) is 25.3 Å². The number of nitrogens with zero attached hydrogens (tertiary/aromatic N) is 4. The first-order valence-electron chi connectivity index (χ1n) is 5.75. The zero-order valence-corrected chi connectivity index (χ0v) is 10.5. The number of aryl methyl sites for hydroxylation is 2. The zero-order chi connectivity index (χ0) is 13.4. The van der Waals surface area contributed by atoms with E-state index < -0.39 is 0 Å². The summed E-state index contributed by atoms with van der Waals surface area (Å²) in [6.07, 6.45) is 4.95. The minimum Gasteiger partial charge on any atom is -0.340 e. The summed E-state index contributed by atoms with van der Waals surface area (Å²) in [7, 11) is 1.81. The number of fused-ring (bicyclic) bond motifs is 1. The molecule has 0 aliphatic heterocycles. The first-order valence-corrected chi connectivity index (χ1v) is 5.75. The second-order valence-electron chi connectivity index (χ2n) is 4.20. The lowest BCUT2D eigenvalue weighted by atomic mass is 10.2. The maximum Gasteiger partial charge on any atom is 0.260 e. The monoisotopic (exact) mass is 256 g/mol. The number of hydrogen-bond donors (Lipinski definition) is 2. The van der Waals surface area contributed by atoms with Gasteiger partial charge in [0.1, 0.15) is 5.82 Å². The highest BCUT2D eigenvalue weighted by atomic mass is 16.1. The second kappa shape index (κ2) is 4.20. The molecule has 0 aliphatic carbocycles. The van der Waals surface area contributed by atoms with Gasteiger partial charge >= 0.3 is 0 Å². The minimum absolute atomic E-state index is 0.245. The van der Waals surface area contributed by atoms with Gasteiger partial charge in [-0.3, -0.25) is 10.1 Å². The van der Waals surface area contributed by atoms with Crippen molar-refractivity contribution in [1.29, 1.82) is 0 Å². The van der Waals surface area contributed by atoms with Gasteiger partial charge < -0.3 is 9.55 Å². The van der Waals surface area contributed by atoms with Gasteiger partial charge in [0, 0.05) is 25.6 Å². The van der Waals surface area contributed by atoms with Crippen molar-refractivity contribution in [2.24, 2.45) is 7.05 Å². The first kappa shape index (κ1) is 11.4. The van der Waals surface area contributed by atoms with Crippen LogP contribution in [-0.4, -0.2) is 30.4 Å². The van der Waals surface area contributed by atoms with E-state index in [-0.39, 0.29) is 5.91 Å². The normalized spacial score (nSPS) is 10.8. The van der Waals surface area contributed by atoms with Crippen LogP contribution in [0.3, 0.4) is 0 Å². The van der Waals surface area contributed by atoms with E-state index in [1.165, 1.54) is 0 Å². The van der Waals surface area contributed by atoms with Crippen LogP contribution < -0.4 is 5.32 Å². The maximum atomic E-state index is 12.2. The number of H-pyrrole nitrogens is 1. The molecule has 0 saturated carbocycles. The van der Waals surface area contributed by atoms with Gasteiger partial charge in [0.05, 0.1) is 11.1 Å². The van der Waals surface area contributed by atoms with Crippen molar-refractivity contribution >= 4 is 23.0 Å². The topological polar surface area (TPSA) is 88.5 Å². The fourth-order valence-corrected chi connectivity index (χ4v) is 1.87. The molecular formula is C12H12N6O. The lowest BCUT2D eigenvalue weighted by molar-refractivity contribution is 0.102. The molecule has 0 aliphatic rings. The molecule has 2 N–H and O–H groups in total. The Hall–Kier alpha value is -2.70. The third-order valence-electron chi connectivity index (χ3n) is 2.80. The third kappa shape index (κ3) is 1.95. The van der Waals surface area contributed by atoms with Gasteiger partial charge in [-0.05, 0) is 13.0 Å². The maximum absolute atomic E-state index is 12.2. The van der Waals surface area contributed by atoms with E-state index in [0.29, 0.717) is 22.7 Å². The van der Waals surface area contributed by atoms with Gasteiger partial charge in [0.15, 0.2) is 5.65 Å². The number of aromatic nitrogens is 5. The van der Waals surface area contributed by atoms with Gasteiger partial charge in [-0.1, -0.05) is 0 Å². The van der Waals surface area contributed by atoms with Crippen molar-refractivity contribution in [1.82, 2.24) is 24.5 Å². The summed E-state index contributed by atoms with van der Waals surface area (Å²) in [6, 6.07) is 1.65. The quantitative estimate of drug-likeness (QED) is 0.722. The molecule has 3 aromatic rings. The average Bonchev–Trinajstić information content (AvgIpc) is 2.94. The molecule has 0 fully saturated rings. The largest absolute Gasteiger partial charge is 0.340 e. The molecule has 0 radical (unpaired) electrons. The van der Waals surface area contributed by atoms with Gasteiger partial charge in [0.2, 0.25) is 5.95 Å². The number of nitrogens with one attached hydrogen (secondary N) is 2. The molecule has 0 aromatic carbocycles. The summed E-state index contributed by atoms with van der Waals surface area (Å²) >= 11 is 0. The number of anilines is 1. The van der Waals surface area contributed by atoms with Crippen LogP contribution in [0.2, 0.25) is 0 Å². The highest BCUT2D eigenvalue weighted by molar-refractivity contribution is 6.10. The number of carbonyl (C=O) groups excluding carboxylic acids is 1. The Morgan fingerprint density at radius 3 is 2.95 bits per heavy atom. The van der Waals surface area contributed by atoms with E-state index in [1.54, 1.807) is 29.2 Å². The van der Waals surface area contributed by atoms with E-state index in [4.69, 9.17) is 0 Å². The highest BCUT2D eigenvalue weighted by Crippen LogP contribution is 2.15. The average molecular weight is 256 g/mol. The van der Waals surface area contributed by atoms with Crippen molar-refractivity contribution in [3.8, 4) is 0 Å². The lowest BCUT2D eigenvalue weighted by Crippen LogP contribution is -2.15. The molecule has 0 saturated heterocycles. The zero-order valence-electron chi connectivity index (χ0n) is 10.5. The lowest BCUT2D eigenvalue weighted by Gasteiger charge is -2.05.